The molecule has 0 saturated heterocycles. The summed E-state index contributed by atoms with van der Waals surface area (Å²) in [7, 11) is 1.58. The highest BCUT2D eigenvalue weighted by atomic mass is 79.9. The van der Waals surface area contributed by atoms with Crippen LogP contribution in [0.15, 0.2) is 88.3 Å². The van der Waals surface area contributed by atoms with E-state index in [1.807, 2.05) is 37.3 Å². The molecule has 3 heterocycles. The van der Waals surface area contributed by atoms with Crippen LogP contribution in [0.5, 0.6) is 0 Å². The molecule has 212 valence electrons. The van der Waals surface area contributed by atoms with Crippen molar-refractivity contribution < 1.29 is 9.59 Å². The molecule has 1 aliphatic heterocycles. The van der Waals surface area contributed by atoms with Gasteiger partial charge in [-0.15, -0.1) is 0 Å². The molecule has 42 heavy (non-hydrogen) atoms. The first-order valence-corrected chi connectivity index (χ1v) is 14.7. The summed E-state index contributed by atoms with van der Waals surface area (Å²) in [6.45, 7) is 2.16. The van der Waals surface area contributed by atoms with E-state index in [9.17, 15) is 14.4 Å². The summed E-state index contributed by atoms with van der Waals surface area (Å²) < 4.78 is 4.18. The lowest BCUT2D eigenvalue weighted by atomic mass is 9.98. The molecule has 1 atom stereocenters. The minimum absolute atomic E-state index is 0.161. The molecule has 3 aromatic carbocycles. The molecule has 1 aliphatic rings. The number of benzene rings is 3. The zero-order valence-corrected chi connectivity index (χ0v) is 25.3. The van der Waals surface area contributed by atoms with Crippen molar-refractivity contribution in [2.24, 2.45) is 0 Å². The molecule has 0 bridgehead atoms. The van der Waals surface area contributed by atoms with Crippen LogP contribution >= 0.6 is 27.5 Å². The van der Waals surface area contributed by atoms with Gasteiger partial charge in [0.1, 0.15) is 5.65 Å². The number of amides is 2. The van der Waals surface area contributed by atoms with E-state index < -0.39 is 0 Å². The molecular weight excluding hydrogens is 618 g/mol. The fraction of sp³-hybridized carbons (Fsp3) is 0.188. The minimum Gasteiger partial charge on any atom is -0.355 e. The van der Waals surface area contributed by atoms with E-state index in [-0.39, 0.29) is 30.0 Å². The van der Waals surface area contributed by atoms with E-state index >= 15 is 0 Å². The van der Waals surface area contributed by atoms with Crippen molar-refractivity contribution in [2.75, 3.05) is 7.05 Å². The third-order valence-electron chi connectivity index (χ3n) is 7.73. The van der Waals surface area contributed by atoms with E-state index in [0.29, 0.717) is 56.1 Å². The zero-order valence-electron chi connectivity index (χ0n) is 23.0. The van der Waals surface area contributed by atoms with E-state index in [1.165, 1.54) is 0 Å². The molecule has 0 unspecified atom stereocenters. The molecule has 0 fully saturated rings. The van der Waals surface area contributed by atoms with Gasteiger partial charge < -0.3 is 10.2 Å². The standard InChI is InChI=1S/C32H27BrClN5O3/c1-19-14-25-28(18-37(19)31(41)22-10-13-26(33)27(34)16-22)39-30(23(17-36-39)15-20-6-4-3-5-7-20)38(32(25)42)24-11-8-21(9-12-24)29(40)35-2/h3-13,16-17,19H,14-15,18H2,1-2H3,(H,35,40)/t19-/m1/s1. The van der Waals surface area contributed by atoms with Crippen LogP contribution in [0, 0.1) is 0 Å². The number of fused-ring (bicyclic) bond motifs is 3. The van der Waals surface area contributed by atoms with Gasteiger partial charge >= 0.3 is 0 Å². The lowest BCUT2D eigenvalue weighted by Crippen LogP contribution is -2.46. The van der Waals surface area contributed by atoms with E-state index in [4.69, 9.17) is 16.7 Å². The number of carbonyl (C=O) groups excluding carboxylic acids is 2. The summed E-state index contributed by atoms with van der Waals surface area (Å²) in [6, 6.07) is 21.9. The fourth-order valence-corrected chi connectivity index (χ4v) is 5.96. The molecule has 6 rings (SSSR count). The molecule has 2 aromatic heterocycles. The lowest BCUT2D eigenvalue weighted by Gasteiger charge is -2.35. The first kappa shape index (κ1) is 27.9. The van der Waals surface area contributed by atoms with Gasteiger partial charge in [0.25, 0.3) is 17.4 Å². The lowest BCUT2D eigenvalue weighted by molar-refractivity contribution is 0.0651. The highest BCUT2D eigenvalue weighted by Gasteiger charge is 2.33. The SMILES string of the molecule is CNC(=O)c1ccc(-n2c(=O)c3c(n4ncc(Cc5ccccc5)c24)CN(C(=O)c2ccc(Br)c(Cl)c2)[C@H](C)C3)cc1. The Kier molecular flexibility index (Phi) is 7.47. The van der Waals surface area contributed by atoms with Crippen LogP contribution in [0.4, 0.5) is 0 Å². The minimum atomic E-state index is -0.235. The molecular formula is C32H27BrClN5O3. The monoisotopic (exact) mass is 643 g/mol. The molecule has 0 aliphatic carbocycles. The number of aromatic nitrogens is 3. The predicted octanol–water partition coefficient (Wildman–Crippen LogP) is 5.44. The van der Waals surface area contributed by atoms with E-state index in [1.54, 1.807) is 69.7 Å². The third kappa shape index (κ3) is 4.92. The number of rotatable bonds is 5. The van der Waals surface area contributed by atoms with Gasteiger partial charge in [-0.3, -0.25) is 19.0 Å². The topological polar surface area (TPSA) is 88.7 Å². The van der Waals surface area contributed by atoms with Crippen molar-refractivity contribution in [1.82, 2.24) is 24.4 Å². The first-order valence-electron chi connectivity index (χ1n) is 13.5. The maximum absolute atomic E-state index is 14.3. The number of nitrogens with one attached hydrogen (secondary N) is 1. The van der Waals surface area contributed by atoms with Crippen molar-refractivity contribution in [1.29, 1.82) is 0 Å². The summed E-state index contributed by atoms with van der Waals surface area (Å²) in [5, 5.41) is 7.84. The number of hydrogen-bond donors (Lipinski definition) is 1. The smallest absolute Gasteiger partial charge is 0.261 e. The number of halogens is 2. The molecule has 10 heteroatoms. The Morgan fingerprint density at radius 2 is 1.76 bits per heavy atom. The second kappa shape index (κ2) is 11.2. The molecule has 0 spiro atoms. The average Bonchev–Trinajstić information content (AvgIpc) is 3.41. The largest absolute Gasteiger partial charge is 0.355 e. The van der Waals surface area contributed by atoms with Crippen LogP contribution in [-0.2, 0) is 19.4 Å². The van der Waals surface area contributed by atoms with E-state index in [0.717, 1.165) is 11.1 Å². The van der Waals surface area contributed by atoms with Crippen LogP contribution in [0.1, 0.15) is 50.0 Å². The van der Waals surface area contributed by atoms with Gasteiger partial charge in [-0.1, -0.05) is 41.9 Å². The highest BCUT2D eigenvalue weighted by molar-refractivity contribution is 9.10. The quantitative estimate of drug-likeness (QED) is 0.276. The Bertz CT molecular complexity index is 1900. The van der Waals surface area contributed by atoms with Crippen LogP contribution < -0.4 is 10.9 Å². The Balaban J connectivity index is 1.51. The fourth-order valence-electron chi connectivity index (χ4n) is 5.54. The van der Waals surface area contributed by atoms with Gasteiger partial charge in [0.05, 0.1) is 29.1 Å². The summed E-state index contributed by atoms with van der Waals surface area (Å²) in [5.74, 6) is -0.370. The molecule has 0 radical (unpaired) electrons. The number of hydrogen-bond acceptors (Lipinski definition) is 4. The molecule has 5 aromatic rings. The van der Waals surface area contributed by atoms with Gasteiger partial charge in [-0.25, -0.2) is 4.52 Å². The Labute approximate surface area is 255 Å². The van der Waals surface area contributed by atoms with Crippen LogP contribution in [0.25, 0.3) is 11.3 Å². The Morgan fingerprint density at radius 3 is 2.45 bits per heavy atom. The second-order valence-corrected chi connectivity index (χ2v) is 11.6. The van der Waals surface area contributed by atoms with Gasteiger partial charge in [0.2, 0.25) is 0 Å². The number of carbonyl (C=O) groups is 2. The molecule has 8 nitrogen and oxygen atoms in total. The summed E-state index contributed by atoms with van der Waals surface area (Å²) >= 11 is 9.68. The first-order chi connectivity index (χ1) is 20.3. The third-order valence-corrected chi connectivity index (χ3v) is 8.96. The van der Waals surface area contributed by atoms with Gasteiger partial charge in [-0.05, 0) is 77.3 Å². The van der Waals surface area contributed by atoms with Gasteiger partial charge in [-0.2, -0.15) is 5.10 Å². The normalized spacial score (nSPS) is 14.6. The van der Waals surface area contributed by atoms with Gasteiger partial charge in [0.15, 0.2) is 0 Å². The van der Waals surface area contributed by atoms with Crippen molar-refractivity contribution in [3.05, 3.63) is 132 Å². The van der Waals surface area contributed by atoms with E-state index in [2.05, 4.69) is 21.2 Å². The molecule has 2 amide bonds. The molecule has 1 N–H and O–H groups in total. The van der Waals surface area contributed by atoms with Crippen LogP contribution in [0.2, 0.25) is 5.02 Å². The van der Waals surface area contributed by atoms with Crippen molar-refractivity contribution in [3.8, 4) is 5.69 Å². The number of nitrogens with zero attached hydrogens (tertiary/aromatic N) is 4. The maximum Gasteiger partial charge on any atom is 0.261 e. The zero-order chi connectivity index (χ0) is 29.5. The second-order valence-electron chi connectivity index (χ2n) is 10.4. The summed E-state index contributed by atoms with van der Waals surface area (Å²) in [6.07, 6.45) is 2.72. The van der Waals surface area contributed by atoms with Crippen molar-refractivity contribution in [2.45, 2.75) is 32.4 Å². The predicted molar refractivity (Wildman–Crippen MR) is 166 cm³/mol. The summed E-state index contributed by atoms with van der Waals surface area (Å²) in [4.78, 5) is 41.9. The van der Waals surface area contributed by atoms with Crippen molar-refractivity contribution >= 4 is 45.0 Å². The Hall–Kier alpha value is -4.21. The summed E-state index contributed by atoms with van der Waals surface area (Å²) in [5.41, 5.74) is 5.31. The van der Waals surface area contributed by atoms with Crippen LogP contribution in [0.3, 0.4) is 0 Å². The molecule has 0 saturated carbocycles. The van der Waals surface area contributed by atoms with Crippen LogP contribution in [-0.4, -0.2) is 44.0 Å². The van der Waals surface area contributed by atoms with Crippen molar-refractivity contribution in [3.63, 3.8) is 0 Å². The average molecular weight is 645 g/mol. The Morgan fingerprint density at radius 1 is 1.05 bits per heavy atom. The highest BCUT2D eigenvalue weighted by Crippen LogP contribution is 2.29. The maximum atomic E-state index is 14.3. The van der Waals surface area contributed by atoms with Gasteiger partial charge in [0, 0.05) is 46.2 Å².